The van der Waals surface area contributed by atoms with Crippen molar-refractivity contribution in [1.82, 2.24) is 10.2 Å². The van der Waals surface area contributed by atoms with Crippen molar-refractivity contribution in [2.75, 3.05) is 7.11 Å². The molecule has 1 N–H and O–H groups in total. The van der Waals surface area contributed by atoms with Gasteiger partial charge in [0.2, 0.25) is 0 Å². The van der Waals surface area contributed by atoms with Crippen LogP contribution in [-0.4, -0.2) is 28.9 Å². The molecule has 2 aromatic rings. The number of ether oxygens (including phenoxy) is 1. The van der Waals surface area contributed by atoms with E-state index in [2.05, 4.69) is 5.32 Å². The van der Waals surface area contributed by atoms with E-state index in [1.165, 1.54) is 24.3 Å². The van der Waals surface area contributed by atoms with Crippen LogP contribution in [0.1, 0.15) is 18.1 Å². The van der Waals surface area contributed by atoms with Crippen LogP contribution < -0.4 is 10.1 Å². The van der Waals surface area contributed by atoms with E-state index in [0.717, 1.165) is 4.90 Å². The fourth-order valence-corrected chi connectivity index (χ4v) is 2.87. The number of nitrogens with zero attached hydrogens (tertiary/aromatic N) is 2. The number of nitro groups is 1. The minimum Gasteiger partial charge on any atom is -0.497 e. The van der Waals surface area contributed by atoms with E-state index in [9.17, 15) is 19.7 Å². The molecule has 1 aliphatic rings. The zero-order valence-electron chi connectivity index (χ0n) is 14.3. The number of amides is 3. The van der Waals surface area contributed by atoms with E-state index in [1.807, 2.05) is 0 Å². The second-order valence-corrected chi connectivity index (χ2v) is 6.10. The maximum atomic E-state index is 12.9. The van der Waals surface area contributed by atoms with Gasteiger partial charge in [-0.25, -0.2) is 4.79 Å². The van der Waals surface area contributed by atoms with Crippen LogP contribution in [0.5, 0.6) is 5.75 Å². The molecule has 8 nitrogen and oxygen atoms in total. The van der Waals surface area contributed by atoms with E-state index in [-0.39, 0.29) is 18.1 Å². The molecule has 0 saturated carbocycles. The molecule has 1 atom stereocenters. The summed E-state index contributed by atoms with van der Waals surface area (Å²) >= 11 is 0. The normalized spacial score (nSPS) is 19.4. The summed E-state index contributed by atoms with van der Waals surface area (Å²) in [6.07, 6.45) is 0. The van der Waals surface area contributed by atoms with Gasteiger partial charge in [0, 0.05) is 12.1 Å². The quantitative estimate of drug-likeness (QED) is 0.504. The number of carbonyl (C=O) groups is 2. The molecule has 0 aliphatic carbocycles. The Labute approximate surface area is 149 Å². The second kappa shape index (κ2) is 6.47. The van der Waals surface area contributed by atoms with Crippen LogP contribution in [0.15, 0.2) is 48.5 Å². The Morgan fingerprint density at radius 1 is 1.12 bits per heavy atom. The highest BCUT2D eigenvalue weighted by atomic mass is 16.6. The van der Waals surface area contributed by atoms with Gasteiger partial charge in [-0.3, -0.25) is 19.8 Å². The maximum absolute atomic E-state index is 12.9. The van der Waals surface area contributed by atoms with Crippen LogP contribution >= 0.6 is 0 Å². The molecule has 1 saturated heterocycles. The Hall–Kier alpha value is -3.42. The predicted octanol–water partition coefficient (Wildman–Crippen LogP) is 2.57. The van der Waals surface area contributed by atoms with Crippen LogP contribution in [-0.2, 0) is 16.9 Å². The van der Waals surface area contributed by atoms with E-state index < -0.39 is 16.5 Å². The van der Waals surface area contributed by atoms with Gasteiger partial charge in [-0.1, -0.05) is 24.3 Å². The monoisotopic (exact) mass is 355 g/mol. The van der Waals surface area contributed by atoms with Crippen molar-refractivity contribution >= 4 is 17.6 Å². The van der Waals surface area contributed by atoms with Gasteiger partial charge < -0.3 is 10.1 Å². The van der Waals surface area contributed by atoms with Gasteiger partial charge in [-0.2, -0.15) is 0 Å². The summed E-state index contributed by atoms with van der Waals surface area (Å²) in [5.74, 6) is 0.267. The smallest absolute Gasteiger partial charge is 0.325 e. The minimum absolute atomic E-state index is 0.0361. The Balaban J connectivity index is 1.82. The van der Waals surface area contributed by atoms with Gasteiger partial charge >= 0.3 is 6.03 Å². The second-order valence-electron chi connectivity index (χ2n) is 6.10. The fourth-order valence-electron chi connectivity index (χ4n) is 2.87. The molecule has 0 aromatic heterocycles. The van der Waals surface area contributed by atoms with Gasteiger partial charge in [0.05, 0.1) is 18.6 Å². The van der Waals surface area contributed by atoms with Crippen molar-refractivity contribution in [2.45, 2.75) is 19.0 Å². The van der Waals surface area contributed by atoms with Crippen molar-refractivity contribution in [3.05, 3.63) is 69.8 Å². The average molecular weight is 355 g/mol. The number of hydrogen-bond donors (Lipinski definition) is 1. The summed E-state index contributed by atoms with van der Waals surface area (Å²) in [4.78, 5) is 36.5. The molecule has 1 fully saturated rings. The number of non-ortho nitro benzene ring substituents is 1. The molecule has 134 valence electrons. The third kappa shape index (κ3) is 2.97. The number of carbonyl (C=O) groups excluding carboxylic acids is 2. The summed E-state index contributed by atoms with van der Waals surface area (Å²) in [6.45, 7) is 1.68. The van der Waals surface area contributed by atoms with Crippen molar-refractivity contribution in [3.8, 4) is 5.75 Å². The zero-order valence-corrected chi connectivity index (χ0v) is 14.3. The van der Waals surface area contributed by atoms with Crippen molar-refractivity contribution in [3.63, 3.8) is 0 Å². The van der Waals surface area contributed by atoms with Crippen molar-refractivity contribution < 1.29 is 19.2 Å². The molecule has 2 aromatic carbocycles. The van der Waals surface area contributed by atoms with Crippen LogP contribution in [0, 0.1) is 10.1 Å². The first-order valence-corrected chi connectivity index (χ1v) is 7.87. The first kappa shape index (κ1) is 17.4. The van der Waals surface area contributed by atoms with Gasteiger partial charge in [-0.15, -0.1) is 0 Å². The molecule has 3 rings (SSSR count). The summed E-state index contributed by atoms with van der Waals surface area (Å²) in [5.41, 5.74) is 0.0411. The zero-order chi connectivity index (χ0) is 18.9. The molecule has 0 spiro atoms. The summed E-state index contributed by atoms with van der Waals surface area (Å²) in [5, 5.41) is 13.4. The molecule has 0 bridgehead atoms. The third-order valence-electron chi connectivity index (χ3n) is 4.43. The van der Waals surface area contributed by atoms with Crippen molar-refractivity contribution in [1.29, 1.82) is 0 Å². The Bertz CT molecular complexity index is 863. The third-order valence-corrected chi connectivity index (χ3v) is 4.43. The van der Waals surface area contributed by atoms with Gasteiger partial charge in [0.15, 0.2) is 0 Å². The molecule has 3 amide bonds. The Kier molecular flexibility index (Phi) is 4.33. The SMILES string of the molecule is COc1ccc(C2(C)NC(=O)N(Cc3ccc([N+](=O)[O-])cc3)C2=O)cc1. The number of nitro benzene ring substituents is 1. The molecule has 8 heteroatoms. The molecule has 0 radical (unpaired) electrons. The van der Waals surface area contributed by atoms with Crippen LogP contribution in [0.3, 0.4) is 0 Å². The van der Waals surface area contributed by atoms with E-state index in [0.29, 0.717) is 16.9 Å². The molecule has 26 heavy (non-hydrogen) atoms. The van der Waals surface area contributed by atoms with Gasteiger partial charge in [0.25, 0.3) is 11.6 Å². The lowest BCUT2D eigenvalue weighted by atomic mass is 9.92. The van der Waals surface area contributed by atoms with Gasteiger partial charge in [-0.05, 0) is 30.2 Å². The molecule has 1 aliphatic heterocycles. The lowest BCUT2D eigenvalue weighted by molar-refractivity contribution is -0.384. The lowest BCUT2D eigenvalue weighted by Crippen LogP contribution is -2.40. The number of hydrogen-bond acceptors (Lipinski definition) is 5. The first-order valence-electron chi connectivity index (χ1n) is 7.87. The Morgan fingerprint density at radius 3 is 2.27 bits per heavy atom. The number of rotatable bonds is 5. The van der Waals surface area contributed by atoms with Crippen LogP contribution in [0.2, 0.25) is 0 Å². The van der Waals surface area contributed by atoms with Crippen molar-refractivity contribution in [2.24, 2.45) is 0 Å². The average Bonchev–Trinajstić information content (AvgIpc) is 2.86. The largest absolute Gasteiger partial charge is 0.497 e. The lowest BCUT2D eigenvalue weighted by Gasteiger charge is -2.22. The summed E-state index contributed by atoms with van der Waals surface area (Å²) < 4.78 is 5.11. The fraction of sp³-hybridized carbons (Fsp3) is 0.222. The standard InChI is InChI=1S/C18H17N3O5/c1-18(13-5-9-15(26-2)10-6-13)16(22)20(17(23)19-18)11-12-3-7-14(8-4-12)21(24)25/h3-10H,11H2,1-2H3,(H,19,23). The minimum atomic E-state index is -1.18. The van der Waals surface area contributed by atoms with E-state index in [1.54, 1.807) is 38.3 Å². The van der Waals surface area contributed by atoms with E-state index in [4.69, 9.17) is 4.74 Å². The van der Waals surface area contributed by atoms with Gasteiger partial charge in [0.1, 0.15) is 11.3 Å². The highest BCUT2D eigenvalue weighted by Gasteiger charge is 2.48. The molecular weight excluding hydrogens is 338 g/mol. The predicted molar refractivity (Wildman–Crippen MR) is 92.5 cm³/mol. The molecule has 1 heterocycles. The van der Waals surface area contributed by atoms with Crippen LogP contribution in [0.4, 0.5) is 10.5 Å². The molecule has 1 unspecified atom stereocenters. The summed E-state index contributed by atoms with van der Waals surface area (Å²) in [7, 11) is 1.55. The number of urea groups is 1. The first-order chi connectivity index (χ1) is 12.3. The summed E-state index contributed by atoms with van der Waals surface area (Å²) in [6, 6.07) is 12.1. The number of imide groups is 1. The Morgan fingerprint density at radius 2 is 1.73 bits per heavy atom. The van der Waals surface area contributed by atoms with Crippen LogP contribution in [0.25, 0.3) is 0 Å². The van der Waals surface area contributed by atoms with E-state index >= 15 is 0 Å². The number of nitrogens with one attached hydrogen (secondary N) is 1. The highest BCUT2D eigenvalue weighted by Crippen LogP contribution is 2.31. The molecular formula is C18H17N3O5. The highest BCUT2D eigenvalue weighted by molar-refractivity contribution is 6.07. The maximum Gasteiger partial charge on any atom is 0.325 e. The number of methoxy groups -OCH3 is 1. The number of benzene rings is 2. The topological polar surface area (TPSA) is 102 Å².